The number of ether oxygens (including phenoxy) is 1. The highest BCUT2D eigenvalue weighted by Crippen LogP contribution is 2.19. The lowest BCUT2D eigenvalue weighted by Gasteiger charge is -2.02. The second-order valence-electron chi connectivity index (χ2n) is 3.81. The Kier molecular flexibility index (Phi) is 3.45. The van der Waals surface area contributed by atoms with Gasteiger partial charge in [-0.1, -0.05) is 0 Å². The van der Waals surface area contributed by atoms with Gasteiger partial charge in [-0.3, -0.25) is 4.57 Å². The summed E-state index contributed by atoms with van der Waals surface area (Å²) in [7, 11) is 3.20. The van der Waals surface area contributed by atoms with Crippen molar-refractivity contribution in [2.75, 3.05) is 13.8 Å². The third-order valence-corrected chi connectivity index (χ3v) is 2.69. The highest BCUT2D eigenvalue weighted by molar-refractivity contribution is 5.56. The lowest BCUT2D eigenvalue weighted by atomic mass is 10.2. The molecule has 0 aliphatic carbocycles. The first kappa shape index (κ1) is 12.3. The number of methoxy groups -OCH3 is 1. The summed E-state index contributed by atoms with van der Waals surface area (Å²) in [5, 5.41) is 4.11. The fourth-order valence-corrected chi connectivity index (χ4v) is 1.71. The number of benzene rings is 1. The lowest BCUT2D eigenvalue weighted by molar-refractivity contribution is 0.415. The number of halogens is 1. The number of alkyl halides is 1. The van der Waals surface area contributed by atoms with Crippen molar-refractivity contribution in [1.29, 1.82) is 0 Å². The Morgan fingerprint density at radius 3 is 2.56 bits per heavy atom. The molecule has 2 rings (SSSR count). The van der Waals surface area contributed by atoms with Crippen LogP contribution in [0.15, 0.2) is 29.1 Å². The molecule has 0 spiro atoms. The van der Waals surface area contributed by atoms with Crippen molar-refractivity contribution in [1.82, 2.24) is 14.3 Å². The van der Waals surface area contributed by atoms with E-state index in [1.165, 1.54) is 4.57 Å². The molecule has 1 heterocycles. The van der Waals surface area contributed by atoms with Gasteiger partial charge < -0.3 is 4.74 Å². The van der Waals surface area contributed by atoms with Crippen molar-refractivity contribution < 1.29 is 9.13 Å². The van der Waals surface area contributed by atoms with Crippen molar-refractivity contribution in [3.8, 4) is 17.1 Å². The van der Waals surface area contributed by atoms with Crippen LogP contribution in [-0.2, 0) is 13.6 Å². The van der Waals surface area contributed by atoms with Crippen LogP contribution < -0.4 is 10.4 Å². The maximum atomic E-state index is 12.3. The molecule has 1 aromatic carbocycles. The molecule has 0 aliphatic rings. The molecule has 0 fully saturated rings. The highest BCUT2D eigenvalue weighted by Gasteiger charge is 2.11. The van der Waals surface area contributed by atoms with Crippen LogP contribution in [0.2, 0.25) is 0 Å². The fraction of sp³-hybridized carbons (Fsp3) is 0.333. The van der Waals surface area contributed by atoms with Gasteiger partial charge in [-0.2, -0.15) is 0 Å². The molecule has 1 aromatic heterocycles. The van der Waals surface area contributed by atoms with Crippen LogP contribution in [0, 0.1) is 0 Å². The first-order valence-electron chi connectivity index (χ1n) is 5.51. The summed E-state index contributed by atoms with van der Waals surface area (Å²) in [5.41, 5.74) is 0.464. The fourth-order valence-electron chi connectivity index (χ4n) is 1.71. The summed E-state index contributed by atoms with van der Waals surface area (Å²) < 4.78 is 19.9. The van der Waals surface area contributed by atoms with Crippen molar-refractivity contribution >= 4 is 0 Å². The first-order valence-corrected chi connectivity index (χ1v) is 5.51. The summed E-state index contributed by atoms with van der Waals surface area (Å²) in [4.78, 5) is 11.7. The van der Waals surface area contributed by atoms with E-state index in [0.717, 1.165) is 16.0 Å². The third kappa shape index (κ3) is 2.13. The molecule has 6 heteroatoms. The molecule has 0 bridgehead atoms. The molecular formula is C12H14FN3O2. The maximum Gasteiger partial charge on any atom is 0.346 e. The predicted octanol–water partition coefficient (Wildman–Crippen LogP) is 1.23. The van der Waals surface area contributed by atoms with E-state index >= 15 is 0 Å². The van der Waals surface area contributed by atoms with Gasteiger partial charge in [0.1, 0.15) is 12.4 Å². The smallest absolute Gasteiger partial charge is 0.346 e. The second kappa shape index (κ2) is 5.03. The zero-order valence-corrected chi connectivity index (χ0v) is 10.3. The van der Waals surface area contributed by atoms with Gasteiger partial charge in [-0.15, -0.1) is 5.10 Å². The number of hydrogen-bond donors (Lipinski definition) is 0. The summed E-state index contributed by atoms with van der Waals surface area (Å²) in [6, 6.07) is 7.18. The molecule has 0 N–H and O–H groups in total. The van der Waals surface area contributed by atoms with Crippen LogP contribution in [0.5, 0.6) is 5.75 Å². The normalized spacial score (nSPS) is 10.6. The van der Waals surface area contributed by atoms with Crippen LogP contribution in [0.1, 0.15) is 0 Å². The van der Waals surface area contributed by atoms with Gasteiger partial charge in [0.2, 0.25) is 0 Å². The van der Waals surface area contributed by atoms with E-state index in [1.807, 2.05) is 0 Å². The average molecular weight is 251 g/mol. The number of rotatable bonds is 4. The predicted molar refractivity (Wildman–Crippen MR) is 65.4 cm³/mol. The van der Waals surface area contributed by atoms with Crippen molar-refractivity contribution in [2.24, 2.45) is 7.05 Å². The van der Waals surface area contributed by atoms with Gasteiger partial charge in [0.15, 0.2) is 5.82 Å². The number of hydrogen-bond acceptors (Lipinski definition) is 3. The van der Waals surface area contributed by atoms with E-state index in [0.29, 0.717) is 5.82 Å². The minimum Gasteiger partial charge on any atom is -0.497 e. The maximum absolute atomic E-state index is 12.3. The monoisotopic (exact) mass is 251 g/mol. The van der Waals surface area contributed by atoms with Crippen molar-refractivity contribution in [2.45, 2.75) is 6.54 Å². The quantitative estimate of drug-likeness (QED) is 0.821. The molecule has 0 unspecified atom stereocenters. The van der Waals surface area contributed by atoms with E-state index in [1.54, 1.807) is 38.4 Å². The molecule has 5 nitrogen and oxygen atoms in total. The molecular weight excluding hydrogens is 237 g/mol. The van der Waals surface area contributed by atoms with E-state index in [-0.39, 0.29) is 12.2 Å². The lowest BCUT2D eigenvalue weighted by Crippen LogP contribution is -2.23. The summed E-state index contributed by atoms with van der Waals surface area (Å²) in [5.74, 6) is 1.24. The molecule has 2 aromatic rings. The Bertz CT molecular complexity index is 586. The number of aromatic nitrogens is 3. The van der Waals surface area contributed by atoms with Crippen LogP contribution in [-0.4, -0.2) is 28.1 Å². The molecule has 0 saturated heterocycles. The third-order valence-electron chi connectivity index (χ3n) is 2.69. The minimum atomic E-state index is -0.612. The summed E-state index contributed by atoms with van der Waals surface area (Å²) in [6.07, 6.45) is 0. The van der Waals surface area contributed by atoms with Gasteiger partial charge in [0.05, 0.1) is 13.7 Å². The summed E-state index contributed by atoms with van der Waals surface area (Å²) in [6.45, 7) is -0.637. The van der Waals surface area contributed by atoms with E-state index in [9.17, 15) is 9.18 Å². The number of aryl methyl sites for hydroxylation is 1. The van der Waals surface area contributed by atoms with Gasteiger partial charge in [-0.05, 0) is 24.3 Å². The Labute approximate surface area is 103 Å². The zero-order chi connectivity index (χ0) is 13.1. The molecule has 0 radical (unpaired) electrons. The molecule has 0 amide bonds. The SMILES string of the molecule is COc1ccc(-c2nn(CCF)c(=O)n2C)cc1. The van der Waals surface area contributed by atoms with Crippen LogP contribution in [0.25, 0.3) is 11.4 Å². The van der Waals surface area contributed by atoms with Gasteiger partial charge in [-0.25, -0.2) is 13.9 Å². The molecule has 18 heavy (non-hydrogen) atoms. The molecule has 96 valence electrons. The van der Waals surface area contributed by atoms with Gasteiger partial charge >= 0.3 is 5.69 Å². The molecule has 0 saturated carbocycles. The van der Waals surface area contributed by atoms with Crippen LogP contribution in [0.4, 0.5) is 4.39 Å². The number of nitrogens with zero attached hydrogens (tertiary/aromatic N) is 3. The Hall–Kier alpha value is -2.11. The van der Waals surface area contributed by atoms with Gasteiger partial charge in [0.25, 0.3) is 0 Å². The van der Waals surface area contributed by atoms with Crippen molar-refractivity contribution in [3.63, 3.8) is 0 Å². The van der Waals surface area contributed by atoms with E-state index < -0.39 is 6.67 Å². The Balaban J connectivity index is 2.43. The zero-order valence-electron chi connectivity index (χ0n) is 10.3. The molecule has 0 aliphatic heterocycles. The van der Waals surface area contributed by atoms with Crippen LogP contribution >= 0.6 is 0 Å². The van der Waals surface area contributed by atoms with Crippen molar-refractivity contribution in [3.05, 3.63) is 34.7 Å². The topological polar surface area (TPSA) is 49.1 Å². The second-order valence-corrected chi connectivity index (χ2v) is 3.81. The standard InChI is InChI=1S/C12H14FN3O2/c1-15-11(14-16(8-7-13)12(15)17)9-3-5-10(18-2)6-4-9/h3-6H,7-8H2,1-2H3. The largest absolute Gasteiger partial charge is 0.497 e. The Morgan fingerprint density at radius 2 is 2.00 bits per heavy atom. The average Bonchev–Trinajstić information content (AvgIpc) is 2.68. The van der Waals surface area contributed by atoms with E-state index in [4.69, 9.17) is 4.74 Å². The highest BCUT2D eigenvalue weighted by atomic mass is 19.1. The van der Waals surface area contributed by atoms with Gasteiger partial charge in [0, 0.05) is 12.6 Å². The first-order chi connectivity index (χ1) is 8.67. The molecule has 0 atom stereocenters. The minimum absolute atomic E-state index is 0.0250. The Morgan fingerprint density at radius 1 is 1.33 bits per heavy atom. The van der Waals surface area contributed by atoms with Crippen LogP contribution in [0.3, 0.4) is 0 Å². The summed E-state index contributed by atoms with van der Waals surface area (Å²) >= 11 is 0. The van der Waals surface area contributed by atoms with E-state index in [2.05, 4.69) is 5.10 Å².